The molecule has 2 aliphatic heterocycles. The number of sulfonamides is 1. The number of hydrogen-bond acceptors (Lipinski definition) is 7. The second-order valence-electron chi connectivity index (χ2n) is 9.12. The van der Waals surface area contributed by atoms with Gasteiger partial charge in [0, 0.05) is 18.0 Å². The Kier molecular flexibility index (Phi) is 6.25. The molecule has 36 heavy (non-hydrogen) atoms. The molecule has 10 nitrogen and oxygen atoms in total. The Bertz CT molecular complexity index is 1330. The summed E-state index contributed by atoms with van der Waals surface area (Å²) in [5.41, 5.74) is 0.885. The lowest BCUT2D eigenvalue weighted by Gasteiger charge is -2.22. The summed E-state index contributed by atoms with van der Waals surface area (Å²) in [5, 5.41) is 9.11. The zero-order valence-electron chi connectivity index (χ0n) is 19.4. The van der Waals surface area contributed by atoms with Gasteiger partial charge < -0.3 is 24.2 Å². The van der Waals surface area contributed by atoms with Crippen molar-refractivity contribution in [2.75, 3.05) is 31.5 Å². The molecule has 0 radical (unpaired) electrons. The number of amides is 1. The summed E-state index contributed by atoms with van der Waals surface area (Å²) in [6.45, 7) is 0.642. The van der Waals surface area contributed by atoms with E-state index in [0.717, 1.165) is 30.2 Å². The van der Waals surface area contributed by atoms with Crippen LogP contribution in [0.2, 0.25) is 0 Å². The normalized spacial score (nSPS) is 22.3. The van der Waals surface area contributed by atoms with Gasteiger partial charge >= 0.3 is 12.1 Å². The molecule has 3 atom stereocenters. The van der Waals surface area contributed by atoms with Crippen molar-refractivity contribution in [2.24, 2.45) is 5.92 Å². The lowest BCUT2D eigenvalue weighted by atomic mass is 10.0. The summed E-state index contributed by atoms with van der Waals surface area (Å²) in [4.78, 5) is 24.7. The Hall–Kier alpha value is -3.38. The minimum absolute atomic E-state index is 0.0104. The van der Waals surface area contributed by atoms with Gasteiger partial charge in [-0.25, -0.2) is 22.4 Å². The quantitative estimate of drug-likeness (QED) is 0.532. The molecular weight excluding hydrogens is 495 g/mol. The fourth-order valence-electron chi connectivity index (χ4n) is 4.81. The number of carboxylic acid groups (broad SMARTS) is 1. The first-order valence-corrected chi connectivity index (χ1v) is 12.9. The van der Waals surface area contributed by atoms with E-state index >= 15 is 0 Å². The van der Waals surface area contributed by atoms with Crippen molar-refractivity contribution < 1.29 is 41.7 Å². The monoisotopic (exact) mass is 520 g/mol. The Morgan fingerprint density at radius 1 is 1.28 bits per heavy atom. The second-order valence-corrected chi connectivity index (χ2v) is 10.8. The first kappa shape index (κ1) is 24.3. The van der Waals surface area contributed by atoms with Crippen LogP contribution in [-0.2, 0) is 26.1 Å². The summed E-state index contributed by atoms with van der Waals surface area (Å²) in [5.74, 6) is -0.406. The van der Waals surface area contributed by atoms with Gasteiger partial charge in [0.25, 0.3) is 10.0 Å². The van der Waals surface area contributed by atoms with Crippen LogP contribution in [0, 0.1) is 11.7 Å². The smallest absolute Gasteiger partial charge is 0.407 e. The van der Waals surface area contributed by atoms with Gasteiger partial charge in [-0.2, -0.15) is 0 Å². The van der Waals surface area contributed by atoms with Crippen LogP contribution in [0.25, 0.3) is 0 Å². The van der Waals surface area contributed by atoms with Crippen molar-refractivity contribution in [3.8, 4) is 5.75 Å². The van der Waals surface area contributed by atoms with Gasteiger partial charge in [-0.05, 0) is 48.6 Å². The largest absolute Gasteiger partial charge is 0.492 e. The number of fused-ring (bicyclic) bond motifs is 3. The van der Waals surface area contributed by atoms with Crippen LogP contribution < -0.4 is 9.46 Å². The molecule has 5 rings (SSSR count). The SMILES string of the molecule is COC(=O)c1c(NS(=O)(=O)c2ccc(F)cc2CO[C@H]2CCN(C(=O)O)C2)ccc2c1OCC1CC21. The highest BCUT2D eigenvalue weighted by molar-refractivity contribution is 7.92. The molecule has 1 saturated heterocycles. The van der Waals surface area contributed by atoms with Crippen LogP contribution in [0.5, 0.6) is 5.75 Å². The van der Waals surface area contributed by atoms with E-state index in [9.17, 15) is 22.4 Å². The van der Waals surface area contributed by atoms with Crippen molar-refractivity contribution in [2.45, 2.75) is 36.4 Å². The third kappa shape index (κ3) is 4.58. The molecule has 192 valence electrons. The standard InChI is InChI=1S/C24H25FN2O8S/c1-33-23(28)21-19(4-3-17-18-9-13(18)11-35-22(17)21)26-36(31,32)20-5-2-15(25)8-14(20)12-34-16-6-7-27(10-16)24(29)30/h2-5,8,13,16,18,26H,6-7,9-12H2,1H3,(H,29,30)/t13?,16-,18?/m0/s1. The second kappa shape index (κ2) is 9.25. The highest BCUT2D eigenvalue weighted by Crippen LogP contribution is 2.55. The molecule has 2 aromatic rings. The number of esters is 1. The van der Waals surface area contributed by atoms with Crippen molar-refractivity contribution >= 4 is 27.8 Å². The fourth-order valence-corrected chi connectivity index (χ4v) is 6.09. The molecule has 2 N–H and O–H groups in total. The Balaban J connectivity index is 1.42. The van der Waals surface area contributed by atoms with Crippen molar-refractivity contribution in [1.29, 1.82) is 0 Å². The number of benzene rings is 2. The maximum Gasteiger partial charge on any atom is 0.407 e. The first-order valence-electron chi connectivity index (χ1n) is 11.5. The average Bonchev–Trinajstić information content (AvgIpc) is 3.49. The minimum Gasteiger partial charge on any atom is -0.492 e. The van der Waals surface area contributed by atoms with Crippen LogP contribution in [0.15, 0.2) is 35.2 Å². The van der Waals surface area contributed by atoms with Gasteiger partial charge in [0.2, 0.25) is 0 Å². The van der Waals surface area contributed by atoms with E-state index in [1.807, 2.05) is 0 Å². The van der Waals surface area contributed by atoms with Gasteiger partial charge in [-0.3, -0.25) is 4.72 Å². The number of nitrogens with one attached hydrogen (secondary N) is 1. The molecule has 12 heteroatoms. The van der Waals surface area contributed by atoms with E-state index in [1.165, 1.54) is 18.1 Å². The van der Waals surface area contributed by atoms with Crippen LogP contribution in [-0.4, -0.2) is 63.4 Å². The summed E-state index contributed by atoms with van der Waals surface area (Å²) >= 11 is 0. The van der Waals surface area contributed by atoms with Crippen molar-refractivity contribution in [1.82, 2.24) is 4.90 Å². The summed E-state index contributed by atoms with van der Waals surface area (Å²) in [6, 6.07) is 6.45. The predicted octanol–water partition coefficient (Wildman–Crippen LogP) is 3.18. The average molecular weight is 521 g/mol. The number of carbonyl (C=O) groups is 2. The molecule has 1 aliphatic carbocycles. The van der Waals surface area contributed by atoms with Gasteiger partial charge in [0.05, 0.1) is 43.6 Å². The van der Waals surface area contributed by atoms with E-state index in [0.29, 0.717) is 31.2 Å². The first-order chi connectivity index (χ1) is 17.2. The van der Waals surface area contributed by atoms with Crippen LogP contribution >= 0.6 is 0 Å². The zero-order valence-corrected chi connectivity index (χ0v) is 20.2. The molecule has 2 unspecified atom stereocenters. The number of anilines is 1. The van der Waals surface area contributed by atoms with Gasteiger partial charge in [-0.1, -0.05) is 6.07 Å². The number of halogens is 1. The van der Waals surface area contributed by atoms with Crippen LogP contribution in [0.4, 0.5) is 14.9 Å². The number of hydrogen-bond donors (Lipinski definition) is 2. The van der Waals surface area contributed by atoms with Gasteiger partial charge in [-0.15, -0.1) is 0 Å². The highest BCUT2D eigenvalue weighted by atomic mass is 32.2. The molecule has 2 heterocycles. The van der Waals surface area contributed by atoms with Crippen molar-refractivity contribution in [3.05, 3.63) is 52.8 Å². The number of methoxy groups -OCH3 is 1. The molecule has 2 aromatic carbocycles. The number of nitrogens with zero attached hydrogens (tertiary/aromatic N) is 1. The zero-order chi connectivity index (χ0) is 25.6. The van der Waals surface area contributed by atoms with Crippen molar-refractivity contribution in [3.63, 3.8) is 0 Å². The minimum atomic E-state index is -4.29. The Morgan fingerprint density at radius 2 is 2.08 bits per heavy atom. The van der Waals surface area contributed by atoms with Crippen LogP contribution in [0.3, 0.4) is 0 Å². The topological polar surface area (TPSA) is 131 Å². The van der Waals surface area contributed by atoms with E-state index in [1.54, 1.807) is 6.07 Å². The Morgan fingerprint density at radius 3 is 2.81 bits per heavy atom. The highest BCUT2D eigenvalue weighted by Gasteiger charge is 2.45. The molecule has 0 bridgehead atoms. The van der Waals surface area contributed by atoms with Gasteiger partial charge in [0.15, 0.2) is 0 Å². The fraction of sp³-hybridized carbons (Fsp3) is 0.417. The molecule has 3 aliphatic rings. The molecule has 1 saturated carbocycles. The summed E-state index contributed by atoms with van der Waals surface area (Å²) < 4.78 is 59.7. The third-order valence-corrected chi connectivity index (χ3v) is 8.25. The van der Waals surface area contributed by atoms with E-state index in [4.69, 9.17) is 19.3 Å². The summed E-state index contributed by atoms with van der Waals surface area (Å²) in [7, 11) is -3.09. The third-order valence-electron chi connectivity index (χ3n) is 6.79. The maximum atomic E-state index is 14.0. The maximum absolute atomic E-state index is 14.0. The lowest BCUT2D eigenvalue weighted by Crippen LogP contribution is -2.28. The number of ether oxygens (including phenoxy) is 3. The van der Waals surface area contributed by atoms with E-state index in [-0.39, 0.29) is 40.8 Å². The molecule has 1 amide bonds. The lowest BCUT2D eigenvalue weighted by molar-refractivity contribution is 0.0453. The van der Waals surface area contributed by atoms with E-state index < -0.39 is 34.0 Å². The van der Waals surface area contributed by atoms with Gasteiger partial charge in [0.1, 0.15) is 17.1 Å². The molecule has 0 aromatic heterocycles. The summed E-state index contributed by atoms with van der Waals surface area (Å²) in [6.07, 6.45) is -0.112. The predicted molar refractivity (Wildman–Crippen MR) is 124 cm³/mol. The van der Waals surface area contributed by atoms with Crippen LogP contribution in [0.1, 0.15) is 40.2 Å². The number of rotatable bonds is 7. The Labute approximate surface area is 207 Å². The molecule has 2 fully saturated rings. The number of carbonyl (C=O) groups excluding carboxylic acids is 1. The molecular formula is C24H25FN2O8S. The molecule has 0 spiro atoms. The van der Waals surface area contributed by atoms with E-state index in [2.05, 4.69) is 4.72 Å². The number of likely N-dealkylation sites (tertiary alicyclic amines) is 1.